The van der Waals surface area contributed by atoms with Crippen LogP contribution in [0.2, 0.25) is 0 Å². The molecule has 1 heterocycles. The van der Waals surface area contributed by atoms with Crippen LogP contribution >= 0.6 is 0 Å². The Balaban J connectivity index is 2.73. The molecule has 1 rings (SSSR count). The number of hydrogen-bond donors (Lipinski definition) is 3. The van der Waals surface area contributed by atoms with Crippen molar-refractivity contribution in [3.05, 3.63) is 17.8 Å². The molecule has 0 aliphatic carbocycles. The smallest absolute Gasteiger partial charge is 0.272 e. The summed E-state index contributed by atoms with van der Waals surface area (Å²) in [4.78, 5) is 11.8. The third kappa shape index (κ3) is 3.16. The first kappa shape index (κ1) is 12.4. The molecule has 0 spiro atoms. The Morgan fingerprint density at radius 3 is 2.56 bits per heavy atom. The summed E-state index contributed by atoms with van der Waals surface area (Å²) in [6.45, 7) is 5.91. The Hall–Kier alpha value is -1.69. The molecule has 4 N–H and O–H groups in total. The summed E-state index contributed by atoms with van der Waals surface area (Å²) in [7, 11) is 0. The van der Waals surface area contributed by atoms with E-state index in [1.54, 1.807) is 12.1 Å². The monoisotopic (exact) mass is 223 g/mol. The minimum absolute atomic E-state index is 0.233. The zero-order valence-electron chi connectivity index (χ0n) is 9.74. The molecule has 16 heavy (non-hydrogen) atoms. The van der Waals surface area contributed by atoms with E-state index in [0.717, 1.165) is 6.42 Å². The van der Waals surface area contributed by atoms with Crippen LogP contribution in [0, 0.1) is 0 Å². The number of nitrogens with one attached hydrogen (secondary N) is 2. The summed E-state index contributed by atoms with van der Waals surface area (Å²) >= 11 is 0. The molecule has 0 bridgehead atoms. The molecule has 88 valence electrons. The lowest BCUT2D eigenvalue weighted by Crippen LogP contribution is -2.43. The highest BCUT2D eigenvalue weighted by atomic mass is 16.2. The van der Waals surface area contributed by atoms with Crippen LogP contribution in [-0.2, 0) is 0 Å². The number of amides is 1. The number of nitrogens with zero attached hydrogens (tertiary/aromatic N) is 2. The molecule has 0 radical (unpaired) electrons. The fraction of sp³-hybridized carbons (Fsp3) is 0.500. The molecule has 1 amide bonds. The summed E-state index contributed by atoms with van der Waals surface area (Å²) in [6, 6.07) is 3.17. The van der Waals surface area contributed by atoms with Gasteiger partial charge in [-0.2, -0.15) is 0 Å². The van der Waals surface area contributed by atoms with Crippen LogP contribution < -0.4 is 16.6 Å². The standard InChI is InChI=1S/C10H17N5O/c1-4-10(2,3)12-9(16)7-5-6-8(13-11)15-14-7/h5-6H,4,11H2,1-3H3,(H,12,16)(H,13,15). The number of aromatic nitrogens is 2. The van der Waals surface area contributed by atoms with Gasteiger partial charge in [-0.25, -0.2) is 5.84 Å². The van der Waals surface area contributed by atoms with E-state index >= 15 is 0 Å². The van der Waals surface area contributed by atoms with E-state index in [0.29, 0.717) is 5.82 Å². The van der Waals surface area contributed by atoms with Gasteiger partial charge >= 0.3 is 0 Å². The van der Waals surface area contributed by atoms with Crippen LogP contribution in [0.4, 0.5) is 5.82 Å². The quantitative estimate of drug-likeness (QED) is 0.515. The number of carbonyl (C=O) groups excluding carboxylic acids is 1. The number of carbonyl (C=O) groups is 1. The van der Waals surface area contributed by atoms with Crippen molar-refractivity contribution in [3.63, 3.8) is 0 Å². The summed E-state index contributed by atoms with van der Waals surface area (Å²) in [6.07, 6.45) is 0.842. The molecular weight excluding hydrogens is 206 g/mol. The maximum absolute atomic E-state index is 11.8. The lowest BCUT2D eigenvalue weighted by Gasteiger charge is -2.23. The first-order valence-corrected chi connectivity index (χ1v) is 5.11. The summed E-state index contributed by atoms with van der Waals surface area (Å²) < 4.78 is 0. The van der Waals surface area contributed by atoms with Crippen molar-refractivity contribution in [1.29, 1.82) is 0 Å². The first-order chi connectivity index (χ1) is 7.48. The van der Waals surface area contributed by atoms with Crippen LogP contribution in [0.5, 0.6) is 0 Å². The van der Waals surface area contributed by atoms with Gasteiger partial charge in [-0.05, 0) is 32.4 Å². The molecule has 6 heteroatoms. The van der Waals surface area contributed by atoms with Crippen LogP contribution in [-0.4, -0.2) is 21.6 Å². The van der Waals surface area contributed by atoms with Crippen molar-refractivity contribution < 1.29 is 4.79 Å². The molecule has 0 saturated carbocycles. The molecule has 0 atom stereocenters. The van der Waals surface area contributed by atoms with E-state index in [4.69, 9.17) is 5.84 Å². The molecule has 6 nitrogen and oxygen atoms in total. The zero-order valence-corrected chi connectivity index (χ0v) is 9.74. The third-order valence-corrected chi connectivity index (χ3v) is 2.38. The SMILES string of the molecule is CCC(C)(C)NC(=O)c1ccc(NN)nn1. The van der Waals surface area contributed by atoms with Crippen molar-refractivity contribution in [3.8, 4) is 0 Å². The number of nitrogen functional groups attached to an aromatic ring is 1. The number of anilines is 1. The van der Waals surface area contributed by atoms with E-state index in [1.165, 1.54) is 0 Å². The maximum atomic E-state index is 11.8. The minimum Gasteiger partial charge on any atom is -0.346 e. The van der Waals surface area contributed by atoms with Gasteiger partial charge in [-0.3, -0.25) is 4.79 Å². The summed E-state index contributed by atoms with van der Waals surface area (Å²) in [5.74, 6) is 5.34. The van der Waals surface area contributed by atoms with Gasteiger partial charge in [-0.1, -0.05) is 6.92 Å². The van der Waals surface area contributed by atoms with E-state index in [9.17, 15) is 4.79 Å². The van der Waals surface area contributed by atoms with Crippen molar-refractivity contribution in [2.45, 2.75) is 32.7 Å². The molecule has 0 aliphatic rings. The Morgan fingerprint density at radius 1 is 1.44 bits per heavy atom. The van der Waals surface area contributed by atoms with Gasteiger partial charge in [0.1, 0.15) is 0 Å². The molecular formula is C10H17N5O. The van der Waals surface area contributed by atoms with Gasteiger partial charge < -0.3 is 10.7 Å². The van der Waals surface area contributed by atoms with Crippen LogP contribution in [0.3, 0.4) is 0 Å². The lowest BCUT2D eigenvalue weighted by atomic mass is 10.0. The van der Waals surface area contributed by atoms with Gasteiger partial charge in [0.25, 0.3) is 5.91 Å². The van der Waals surface area contributed by atoms with Gasteiger partial charge in [0.05, 0.1) is 0 Å². The van der Waals surface area contributed by atoms with Crippen LogP contribution in [0.25, 0.3) is 0 Å². The third-order valence-electron chi connectivity index (χ3n) is 2.38. The van der Waals surface area contributed by atoms with Crippen LogP contribution in [0.15, 0.2) is 12.1 Å². The predicted molar refractivity (Wildman–Crippen MR) is 61.7 cm³/mol. The molecule has 1 aromatic rings. The number of hydrogen-bond acceptors (Lipinski definition) is 5. The Kier molecular flexibility index (Phi) is 3.78. The Labute approximate surface area is 94.6 Å². The summed E-state index contributed by atoms with van der Waals surface area (Å²) in [5, 5.41) is 10.4. The Bertz CT molecular complexity index is 360. The maximum Gasteiger partial charge on any atom is 0.272 e. The molecule has 0 unspecified atom stereocenters. The van der Waals surface area contributed by atoms with Gasteiger partial charge in [-0.15, -0.1) is 10.2 Å². The fourth-order valence-corrected chi connectivity index (χ4v) is 0.990. The van der Waals surface area contributed by atoms with E-state index in [-0.39, 0.29) is 17.1 Å². The lowest BCUT2D eigenvalue weighted by molar-refractivity contribution is 0.0905. The molecule has 0 aromatic carbocycles. The average Bonchev–Trinajstić information content (AvgIpc) is 2.28. The van der Waals surface area contributed by atoms with Crippen molar-refractivity contribution in [2.75, 3.05) is 5.43 Å². The second-order valence-corrected chi connectivity index (χ2v) is 4.14. The van der Waals surface area contributed by atoms with Crippen molar-refractivity contribution in [1.82, 2.24) is 15.5 Å². The van der Waals surface area contributed by atoms with Crippen molar-refractivity contribution in [2.24, 2.45) is 5.84 Å². The average molecular weight is 223 g/mol. The second-order valence-electron chi connectivity index (χ2n) is 4.14. The summed E-state index contributed by atoms with van der Waals surface area (Å²) in [5.41, 5.74) is 2.38. The van der Waals surface area contributed by atoms with E-state index < -0.39 is 0 Å². The normalized spacial score (nSPS) is 11.0. The first-order valence-electron chi connectivity index (χ1n) is 5.11. The van der Waals surface area contributed by atoms with Gasteiger partial charge in [0.15, 0.2) is 11.5 Å². The fourth-order valence-electron chi connectivity index (χ4n) is 0.990. The van der Waals surface area contributed by atoms with E-state index in [2.05, 4.69) is 20.9 Å². The van der Waals surface area contributed by atoms with Crippen molar-refractivity contribution >= 4 is 11.7 Å². The highest BCUT2D eigenvalue weighted by molar-refractivity contribution is 5.92. The Morgan fingerprint density at radius 2 is 2.12 bits per heavy atom. The zero-order chi connectivity index (χ0) is 12.2. The molecule has 1 aromatic heterocycles. The van der Waals surface area contributed by atoms with Gasteiger partial charge in [0.2, 0.25) is 0 Å². The number of rotatable bonds is 4. The van der Waals surface area contributed by atoms with Gasteiger partial charge in [0, 0.05) is 5.54 Å². The second kappa shape index (κ2) is 4.89. The largest absolute Gasteiger partial charge is 0.346 e. The highest BCUT2D eigenvalue weighted by Gasteiger charge is 2.19. The van der Waals surface area contributed by atoms with Crippen LogP contribution in [0.1, 0.15) is 37.7 Å². The number of nitrogens with two attached hydrogens (primary N) is 1. The molecule has 0 saturated heterocycles. The number of hydrazine groups is 1. The molecule has 0 aliphatic heterocycles. The predicted octanol–water partition coefficient (Wildman–Crippen LogP) is 0.681. The van der Waals surface area contributed by atoms with E-state index in [1.807, 2.05) is 20.8 Å². The topological polar surface area (TPSA) is 92.9 Å². The minimum atomic E-state index is -0.246. The molecule has 0 fully saturated rings. The highest BCUT2D eigenvalue weighted by Crippen LogP contribution is 2.08.